The van der Waals surface area contributed by atoms with E-state index < -0.39 is 0 Å². The highest BCUT2D eigenvalue weighted by atomic mass is 16.5. The molecular formula is C17H31NO. The monoisotopic (exact) mass is 265 g/mol. The lowest BCUT2D eigenvalue weighted by atomic mass is 10.2. The van der Waals surface area contributed by atoms with E-state index in [4.69, 9.17) is 4.74 Å². The van der Waals surface area contributed by atoms with Crippen LogP contribution in [-0.2, 0) is 0 Å². The van der Waals surface area contributed by atoms with Crippen LogP contribution in [0.15, 0.2) is 29.3 Å². The van der Waals surface area contributed by atoms with Crippen molar-refractivity contribution in [3.05, 3.63) is 29.8 Å². The maximum Gasteiger partial charge on any atom is 0.118 e. The Balaban J connectivity index is 0. The summed E-state index contributed by atoms with van der Waals surface area (Å²) < 4.78 is 5.00. The minimum atomic E-state index is 0.873. The van der Waals surface area contributed by atoms with E-state index in [0.717, 1.165) is 11.3 Å². The van der Waals surface area contributed by atoms with Crippen molar-refractivity contribution in [1.29, 1.82) is 0 Å². The Morgan fingerprint density at radius 1 is 0.895 bits per heavy atom. The van der Waals surface area contributed by atoms with Crippen LogP contribution < -0.4 is 4.74 Å². The van der Waals surface area contributed by atoms with Gasteiger partial charge in [-0.25, -0.2) is 0 Å². The molecule has 0 aromatic heterocycles. The van der Waals surface area contributed by atoms with E-state index >= 15 is 0 Å². The number of ether oxygens (including phenoxy) is 1. The maximum absolute atomic E-state index is 5.00. The highest BCUT2D eigenvalue weighted by molar-refractivity contribution is 5.79. The minimum Gasteiger partial charge on any atom is -0.497 e. The fraction of sp³-hybridized carbons (Fsp3) is 0.588. The third-order valence-corrected chi connectivity index (χ3v) is 2.39. The molecule has 0 aliphatic carbocycles. The zero-order chi connectivity index (χ0) is 14.9. The summed E-state index contributed by atoms with van der Waals surface area (Å²) in [6.45, 7) is 8.72. The molecule has 0 unspecified atom stereocenters. The first-order valence-corrected chi connectivity index (χ1v) is 7.26. The maximum atomic E-state index is 5.00. The van der Waals surface area contributed by atoms with E-state index in [-0.39, 0.29) is 0 Å². The van der Waals surface area contributed by atoms with Gasteiger partial charge in [-0.15, -0.1) is 0 Å². The lowest BCUT2D eigenvalue weighted by Gasteiger charge is -1.97. The van der Waals surface area contributed by atoms with Crippen molar-refractivity contribution in [2.24, 2.45) is 4.99 Å². The smallest absolute Gasteiger partial charge is 0.118 e. The molecule has 1 aromatic rings. The van der Waals surface area contributed by atoms with E-state index in [1.165, 1.54) is 25.7 Å². The average Bonchev–Trinajstić information content (AvgIpc) is 2.49. The van der Waals surface area contributed by atoms with E-state index in [1.54, 1.807) is 20.4 Å². The molecule has 0 saturated carbocycles. The zero-order valence-electron chi connectivity index (χ0n) is 13.6. The minimum absolute atomic E-state index is 0.873. The second-order valence-corrected chi connectivity index (χ2v) is 4.16. The van der Waals surface area contributed by atoms with Gasteiger partial charge in [0.25, 0.3) is 0 Å². The molecule has 1 rings (SSSR count). The van der Waals surface area contributed by atoms with Crippen molar-refractivity contribution < 1.29 is 4.74 Å². The summed E-state index contributed by atoms with van der Waals surface area (Å²) >= 11 is 0. The Morgan fingerprint density at radius 2 is 1.32 bits per heavy atom. The first-order valence-electron chi connectivity index (χ1n) is 7.26. The van der Waals surface area contributed by atoms with E-state index in [2.05, 4.69) is 32.7 Å². The summed E-state index contributed by atoms with van der Waals surface area (Å²) in [5.41, 5.74) is 1.09. The molecule has 2 nitrogen and oxygen atoms in total. The van der Waals surface area contributed by atoms with Gasteiger partial charge < -0.3 is 4.74 Å². The molecule has 0 bridgehead atoms. The molecule has 19 heavy (non-hydrogen) atoms. The van der Waals surface area contributed by atoms with Crippen LogP contribution in [0.5, 0.6) is 5.75 Å². The highest BCUT2D eigenvalue weighted by Crippen LogP contribution is 2.09. The number of hydrogen-bond acceptors (Lipinski definition) is 2. The highest BCUT2D eigenvalue weighted by Gasteiger charge is 1.88. The van der Waals surface area contributed by atoms with Gasteiger partial charge in [-0.3, -0.25) is 4.99 Å². The van der Waals surface area contributed by atoms with Gasteiger partial charge in [0.2, 0.25) is 0 Å². The molecule has 0 radical (unpaired) electrons. The van der Waals surface area contributed by atoms with Crippen molar-refractivity contribution in [1.82, 2.24) is 0 Å². The Kier molecular flexibility index (Phi) is 17.6. The number of methoxy groups -OCH3 is 1. The molecule has 0 saturated heterocycles. The Morgan fingerprint density at radius 3 is 1.58 bits per heavy atom. The third-order valence-electron chi connectivity index (χ3n) is 2.39. The van der Waals surface area contributed by atoms with Crippen molar-refractivity contribution in [2.75, 3.05) is 14.2 Å². The number of nitrogens with zero attached hydrogens (tertiary/aromatic N) is 1. The van der Waals surface area contributed by atoms with Gasteiger partial charge in [-0.1, -0.05) is 53.4 Å². The van der Waals surface area contributed by atoms with Crippen LogP contribution >= 0.6 is 0 Å². The normalized spacial score (nSPS) is 9.16. The number of rotatable bonds is 4. The van der Waals surface area contributed by atoms with E-state index in [1.807, 2.05) is 24.3 Å². The average molecular weight is 265 g/mol. The van der Waals surface area contributed by atoms with Gasteiger partial charge in [0.1, 0.15) is 5.75 Å². The van der Waals surface area contributed by atoms with Gasteiger partial charge >= 0.3 is 0 Å². The first kappa shape index (κ1) is 20.0. The SMILES string of the molecule is CCCC.CCCC.CN=Cc1ccc(OC)cc1. The Bertz CT molecular complexity index is 283. The van der Waals surface area contributed by atoms with Crippen molar-refractivity contribution in [3.8, 4) is 5.75 Å². The zero-order valence-corrected chi connectivity index (χ0v) is 13.6. The molecule has 0 fully saturated rings. The molecule has 2 heteroatoms. The number of benzene rings is 1. The van der Waals surface area contributed by atoms with Crippen LogP contribution in [0.4, 0.5) is 0 Å². The second-order valence-electron chi connectivity index (χ2n) is 4.16. The molecule has 0 spiro atoms. The van der Waals surface area contributed by atoms with Crippen LogP contribution in [0.3, 0.4) is 0 Å². The van der Waals surface area contributed by atoms with Gasteiger partial charge in [0, 0.05) is 13.3 Å². The molecule has 0 heterocycles. The second kappa shape index (κ2) is 16.7. The largest absolute Gasteiger partial charge is 0.497 e. The summed E-state index contributed by atoms with van der Waals surface area (Å²) in [5.74, 6) is 0.873. The van der Waals surface area contributed by atoms with Crippen molar-refractivity contribution >= 4 is 6.21 Å². The van der Waals surface area contributed by atoms with Gasteiger partial charge in [-0.2, -0.15) is 0 Å². The molecule has 0 atom stereocenters. The number of hydrogen-bond donors (Lipinski definition) is 0. The van der Waals surface area contributed by atoms with Crippen molar-refractivity contribution in [3.63, 3.8) is 0 Å². The molecule has 1 aromatic carbocycles. The fourth-order valence-corrected chi connectivity index (χ4v) is 0.839. The number of unbranched alkanes of at least 4 members (excludes halogenated alkanes) is 2. The molecule has 110 valence electrons. The predicted molar refractivity (Wildman–Crippen MR) is 87.7 cm³/mol. The van der Waals surface area contributed by atoms with Crippen LogP contribution in [0.2, 0.25) is 0 Å². The molecular weight excluding hydrogens is 234 g/mol. The summed E-state index contributed by atoms with van der Waals surface area (Å²) in [4.78, 5) is 3.90. The lowest BCUT2D eigenvalue weighted by Crippen LogP contribution is -1.83. The molecule has 0 aliphatic heterocycles. The van der Waals surface area contributed by atoms with Gasteiger partial charge in [-0.05, 0) is 29.8 Å². The molecule has 0 amide bonds. The predicted octanol–water partition coefficient (Wildman–Crippen LogP) is 5.36. The molecule has 0 N–H and O–H groups in total. The Hall–Kier alpha value is -1.31. The van der Waals surface area contributed by atoms with Crippen LogP contribution in [0, 0.1) is 0 Å². The quantitative estimate of drug-likeness (QED) is 0.672. The van der Waals surface area contributed by atoms with E-state index in [0.29, 0.717) is 0 Å². The lowest BCUT2D eigenvalue weighted by molar-refractivity contribution is 0.415. The van der Waals surface area contributed by atoms with Crippen LogP contribution in [-0.4, -0.2) is 20.4 Å². The fourth-order valence-electron chi connectivity index (χ4n) is 0.839. The summed E-state index contributed by atoms with van der Waals surface area (Å²) in [5, 5.41) is 0. The Labute approximate surface area is 119 Å². The summed E-state index contributed by atoms with van der Waals surface area (Å²) in [6, 6.07) is 7.76. The molecule has 0 aliphatic rings. The van der Waals surface area contributed by atoms with Crippen LogP contribution in [0.25, 0.3) is 0 Å². The van der Waals surface area contributed by atoms with Gasteiger partial charge in [0.05, 0.1) is 7.11 Å². The third kappa shape index (κ3) is 14.6. The topological polar surface area (TPSA) is 21.6 Å². The van der Waals surface area contributed by atoms with Gasteiger partial charge in [0.15, 0.2) is 0 Å². The van der Waals surface area contributed by atoms with E-state index in [9.17, 15) is 0 Å². The first-order chi connectivity index (χ1) is 9.19. The standard InChI is InChI=1S/C9H11NO.2C4H10/c1-10-7-8-3-5-9(11-2)6-4-8;2*1-3-4-2/h3-7H,1-2H3;2*3-4H2,1-2H3. The number of aliphatic imine (C=N–C) groups is 1. The summed E-state index contributed by atoms with van der Waals surface area (Å²) in [6.07, 6.45) is 7.08. The summed E-state index contributed by atoms with van der Waals surface area (Å²) in [7, 11) is 3.41. The van der Waals surface area contributed by atoms with Crippen LogP contribution in [0.1, 0.15) is 58.9 Å². The van der Waals surface area contributed by atoms with Crippen molar-refractivity contribution in [2.45, 2.75) is 53.4 Å².